The van der Waals surface area contributed by atoms with Gasteiger partial charge >= 0.3 is 0 Å². The molecular weight excluding hydrogens is 369 g/mol. The quantitative estimate of drug-likeness (QED) is 0.321. The van der Waals surface area contributed by atoms with Crippen LogP contribution in [0.4, 0.5) is 5.69 Å². The zero-order chi connectivity index (χ0) is 15.2. The van der Waals surface area contributed by atoms with Gasteiger partial charge in [0, 0.05) is 22.7 Å². The van der Waals surface area contributed by atoms with Crippen molar-refractivity contribution >= 4 is 28.3 Å². The number of hydrogen-bond donors (Lipinski definition) is 0. The zero-order valence-corrected chi connectivity index (χ0v) is 16.0. The predicted octanol–water partition coefficient (Wildman–Crippen LogP) is 6.02. The maximum atomic E-state index is 2.65. The molecule has 0 amide bonds. The molecule has 2 atom stereocenters. The number of unbranched alkanes of at least 4 members (excludes halogenated alkanes) is 2. The highest BCUT2D eigenvalue weighted by Gasteiger charge is 2.28. The predicted molar refractivity (Wildman–Crippen MR) is 103 cm³/mol. The van der Waals surface area contributed by atoms with Gasteiger partial charge in [0.25, 0.3) is 0 Å². The standard InChI is InChI=1S/C19H30IN/c1-4-5-6-9-16-12-17(13-20)18-10-7-8-11-19(18)21(14-16)15(2)3/h7-8,10-11,15-17H,4-6,9,12-14H2,1-3H3. The van der Waals surface area contributed by atoms with Crippen molar-refractivity contribution in [2.45, 2.75) is 64.8 Å². The van der Waals surface area contributed by atoms with E-state index < -0.39 is 0 Å². The van der Waals surface area contributed by atoms with Gasteiger partial charge in [-0.25, -0.2) is 0 Å². The van der Waals surface area contributed by atoms with Crippen LogP contribution in [-0.2, 0) is 0 Å². The molecule has 0 bridgehead atoms. The van der Waals surface area contributed by atoms with E-state index in [1.54, 1.807) is 5.56 Å². The molecule has 0 aliphatic carbocycles. The average molecular weight is 399 g/mol. The first-order valence-corrected chi connectivity index (χ1v) is 10.1. The summed E-state index contributed by atoms with van der Waals surface area (Å²) in [5, 5.41) is 0. The molecule has 0 saturated carbocycles. The van der Waals surface area contributed by atoms with Crippen LogP contribution < -0.4 is 4.90 Å². The Balaban J connectivity index is 2.23. The maximum Gasteiger partial charge on any atom is 0.0404 e. The van der Waals surface area contributed by atoms with Crippen molar-refractivity contribution in [1.82, 2.24) is 0 Å². The van der Waals surface area contributed by atoms with Crippen LogP contribution in [0, 0.1) is 5.92 Å². The Hall–Kier alpha value is -0.250. The lowest BCUT2D eigenvalue weighted by Crippen LogP contribution is -2.34. The molecule has 0 radical (unpaired) electrons. The van der Waals surface area contributed by atoms with Crippen molar-refractivity contribution < 1.29 is 0 Å². The van der Waals surface area contributed by atoms with E-state index in [1.165, 1.54) is 48.8 Å². The van der Waals surface area contributed by atoms with Crippen molar-refractivity contribution in [1.29, 1.82) is 0 Å². The summed E-state index contributed by atoms with van der Waals surface area (Å²) >= 11 is 2.58. The minimum atomic E-state index is 0.591. The average Bonchev–Trinajstić information content (AvgIpc) is 2.65. The molecule has 0 saturated heterocycles. The summed E-state index contributed by atoms with van der Waals surface area (Å²) in [6.45, 7) is 8.22. The molecule has 2 unspecified atom stereocenters. The molecule has 118 valence electrons. The summed E-state index contributed by atoms with van der Waals surface area (Å²) in [6, 6.07) is 9.71. The van der Waals surface area contributed by atoms with Crippen LogP contribution in [0.2, 0.25) is 0 Å². The third-order valence-corrected chi connectivity index (χ3v) is 5.85. The summed E-state index contributed by atoms with van der Waals surface area (Å²) < 4.78 is 1.24. The van der Waals surface area contributed by atoms with Gasteiger partial charge in [-0.3, -0.25) is 0 Å². The first-order chi connectivity index (χ1) is 10.2. The molecular formula is C19H30IN. The van der Waals surface area contributed by atoms with Crippen LogP contribution in [-0.4, -0.2) is 17.0 Å². The highest BCUT2D eigenvalue weighted by molar-refractivity contribution is 14.1. The molecule has 1 nitrogen and oxygen atoms in total. The van der Waals surface area contributed by atoms with E-state index in [0.717, 1.165) is 11.8 Å². The largest absolute Gasteiger partial charge is 0.369 e. The van der Waals surface area contributed by atoms with Gasteiger partial charge in [0.1, 0.15) is 0 Å². The lowest BCUT2D eigenvalue weighted by Gasteiger charge is -2.31. The maximum absolute atomic E-state index is 2.65. The highest BCUT2D eigenvalue weighted by Crippen LogP contribution is 2.39. The van der Waals surface area contributed by atoms with Crippen LogP contribution in [0.3, 0.4) is 0 Å². The lowest BCUT2D eigenvalue weighted by atomic mass is 9.88. The summed E-state index contributed by atoms with van der Waals surface area (Å²) in [5.74, 6) is 1.59. The fourth-order valence-electron chi connectivity index (χ4n) is 3.60. The molecule has 0 fully saturated rings. The number of anilines is 1. The van der Waals surface area contributed by atoms with Crippen molar-refractivity contribution in [3.8, 4) is 0 Å². The molecule has 1 aromatic carbocycles. The van der Waals surface area contributed by atoms with E-state index in [0.29, 0.717) is 6.04 Å². The number of rotatable bonds is 6. The van der Waals surface area contributed by atoms with Gasteiger partial charge in [0.05, 0.1) is 0 Å². The molecule has 1 heterocycles. The molecule has 21 heavy (non-hydrogen) atoms. The highest BCUT2D eigenvalue weighted by atomic mass is 127. The number of alkyl halides is 1. The number of benzene rings is 1. The Kier molecular flexibility index (Phi) is 6.84. The Labute approximate surface area is 144 Å². The second-order valence-corrected chi connectivity index (χ2v) is 7.63. The number of hydrogen-bond acceptors (Lipinski definition) is 1. The topological polar surface area (TPSA) is 3.24 Å². The third kappa shape index (κ3) is 4.37. The Morgan fingerprint density at radius 2 is 2.00 bits per heavy atom. The van der Waals surface area contributed by atoms with Gasteiger partial charge in [0.2, 0.25) is 0 Å². The SMILES string of the molecule is CCCCCC1CC(CI)c2ccccc2N(C(C)C)C1. The van der Waals surface area contributed by atoms with Gasteiger partial charge in [-0.15, -0.1) is 0 Å². The first-order valence-electron chi connectivity index (χ1n) is 8.58. The van der Waals surface area contributed by atoms with Crippen molar-refractivity contribution in [3.05, 3.63) is 29.8 Å². The van der Waals surface area contributed by atoms with Crippen LogP contribution in [0.1, 0.15) is 64.4 Å². The minimum absolute atomic E-state index is 0.591. The summed E-state index contributed by atoms with van der Waals surface area (Å²) in [6.07, 6.45) is 6.89. The van der Waals surface area contributed by atoms with Gasteiger partial charge in [0.15, 0.2) is 0 Å². The molecule has 0 spiro atoms. The van der Waals surface area contributed by atoms with Crippen LogP contribution in [0.15, 0.2) is 24.3 Å². The Morgan fingerprint density at radius 1 is 1.24 bits per heavy atom. The van der Waals surface area contributed by atoms with E-state index in [-0.39, 0.29) is 0 Å². The number of fused-ring (bicyclic) bond motifs is 1. The summed E-state index contributed by atoms with van der Waals surface area (Å²) in [7, 11) is 0. The summed E-state index contributed by atoms with van der Waals surface area (Å²) in [5.41, 5.74) is 3.07. The van der Waals surface area contributed by atoms with E-state index in [4.69, 9.17) is 0 Å². The van der Waals surface area contributed by atoms with E-state index >= 15 is 0 Å². The van der Waals surface area contributed by atoms with E-state index in [2.05, 4.69) is 72.5 Å². The van der Waals surface area contributed by atoms with Crippen LogP contribution in [0.25, 0.3) is 0 Å². The Bertz CT molecular complexity index is 429. The molecule has 0 N–H and O–H groups in total. The van der Waals surface area contributed by atoms with E-state index in [1.807, 2.05) is 0 Å². The molecule has 1 aliphatic heterocycles. The van der Waals surface area contributed by atoms with Gasteiger partial charge in [-0.2, -0.15) is 0 Å². The fraction of sp³-hybridized carbons (Fsp3) is 0.684. The van der Waals surface area contributed by atoms with Gasteiger partial charge < -0.3 is 4.90 Å². The summed E-state index contributed by atoms with van der Waals surface area (Å²) in [4.78, 5) is 2.65. The molecule has 1 aliphatic rings. The van der Waals surface area contributed by atoms with E-state index in [9.17, 15) is 0 Å². The normalized spacial score (nSPS) is 22.2. The number of halogens is 1. The van der Waals surface area contributed by atoms with Gasteiger partial charge in [-0.05, 0) is 50.2 Å². The van der Waals surface area contributed by atoms with Crippen molar-refractivity contribution in [2.75, 3.05) is 15.9 Å². The van der Waals surface area contributed by atoms with Crippen LogP contribution in [0.5, 0.6) is 0 Å². The Morgan fingerprint density at radius 3 is 2.67 bits per heavy atom. The minimum Gasteiger partial charge on any atom is -0.369 e. The number of nitrogens with zero attached hydrogens (tertiary/aromatic N) is 1. The molecule has 2 rings (SSSR count). The second kappa shape index (κ2) is 8.40. The smallest absolute Gasteiger partial charge is 0.0404 e. The zero-order valence-electron chi connectivity index (χ0n) is 13.8. The lowest BCUT2D eigenvalue weighted by molar-refractivity contribution is 0.406. The first kappa shape index (κ1) is 17.1. The monoisotopic (exact) mass is 399 g/mol. The van der Waals surface area contributed by atoms with Crippen molar-refractivity contribution in [2.24, 2.45) is 5.92 Å². The fourth-order valence-corrected chi connectivity index (χ4v) is 4.44. The molecule has 1 aromatic rings. The third-order valence-electron chi connectivity index (χ3n) is 4.78. The molecule has 2 heteroatoms. The second-order valence-electron chi connectivity index (χ2n) is 6.75. The number of para-hydroxylation sites is 1. The molecule has 0 aromatic heterocycles. The van der Waals surface area contributed by atoms with Crippen LogP contribution >= 0.6 is 22.6 Å². The van der Waals surface area contributed by atoms with Crippen molar-refractivity contribution in [3.63, 3.8) is 0 Å². The van der Waals surface area contributed by atoms with Gasteiger partial charge in [-0.1, -0.05) is 67.0 Å².